The lowest BCUT2D eigenvalue weighted by molar-refractivity contribution is -0.108. The van der Waals surface area contributed by atoms with Crippen LogP contribution in [0.4, 0.5) is 11.4 Å². The van der Waals surface area contributed by atoms with Gasteiger partial charge in [-0.1, -0.05) is 30.3 Å². The van der Waals surface area contributed by atoms with Gasteiger partial charge in [0.1, 0.15) is 0 Å². The van der Waals surface area contributed by atoms with Crippen LogP contribution in [0.1, 0.15) is 30.9 Å². The van der Waals surface area contributed by atoms with Gasteiger partial charge in [-0.2, -0.15) is 0 Å². The Balaban J connectivity index is 1.35. The molecule has 0 radical (unpaired) electrons. The standard InChI is InChI=1S/C22H25N3O3S/c26-15-22-23-18-6-2-3-7-20(18)25(22)16-9-12-24(13-10-16)19-11-14-29(27,28)21-8-4-1-5-17(19)21/h1-8,15-16,19,22-23H,9-14H2. The highest BCUT2D eigenvalue weighted by Gasteiger charge is 2.38. The number of carbonyl (C=O) groups excluding carboxylic acids is 1. The summed E-state index contributed by atoms with van der Waals surface area (Å²) in [6, 6.07) is 16.0. The molecule has 3 aliphatic heterocycles. The first-order valence-corrected chi connectivity index (χ1v) is 11.9. The number of para-hydroxylation sites is 2. The number of hydrogen-bond acceptors (Lipinski definition) is 6. The highest BCUT2D eigenvalue weighted by Crippen LogP contribution is 2.40. The highest BCUT2D eigenvalue weighted by atomic mass is 32.2. The third-order valence-corrected chi connectivity index (χ3v) is 8.34. The van der Waals surface area contributed by atoms with Gasteiger partial charge in [-0.3, -0.25) is 9.69 Å². The molecule has 7 heteroatoms. The number of likely N-dealkylation sites (tertiary alicyclic amines) is 1. The van der Waals surface area contributed by atoms with Crippen LogP contribution in [0.25, 0.3) is 0 Å². The smallest absolute Gasteiger partial charge is 0.178 e. The minimum Gasteiger partial charge on any atom is -0.358 e. The lowest BCUT2D eigenvalue weighted by atomic mass is 9.96. The third-order valence-electron chi connectivity index (χ3n) is 6.52. The van der Waals surface area contributed by atoms with E-state index in [2.05, 4.69) is 21.2 Å². The van der Waals surface area contributed by atoms with Crippen molar-refractivity contribution in [2.45, 2.75) is 42.4 Å². The van der Waals surface area contributed by atoms with E-state index in [4.69, 9.17) is 0 Å². The molecule has 5 rings (SSSR count). The van der Waals surface area contributed by atoms with E-state index >= 15 is 0 Å². The van der Waals surface area contributed by atoms with Crippen molar-refractivity contribution >= 4 is 27.5 Å². The maximum Gasteiger partial charge on any atom is 0.178 e. The number of rotatable bonds is 3. The van der Waals surface area contributed by atoms with Crippen molar-refractivity contribution in [3.05, 3.63) is 54.1 Å². The number of fused-ring (bicyclic) bond motifs is 2. The molecule has 0 amide bonds. The fraction of sp³-hybridized carbons (Fsp3) is 0.409. The van der Waals surface area contributed by atoms with E-state index in [1.54, 1.807) is 6.07 Å². The Morgan fingerprint density at radius 1 is 0.966 bits per heavy atom. The SMILES string of the molecule is O=CC1Nc2ccccc2N1C1CCN(C2CCS(=O)(=O)c3ccccc32)CC1. The molecule has 2 unspecified atom stereocenters. The molecular formula is C22H25N3O3S. The van der Waals surface area contributed by atoms with Gasteiger partial charge < -0.3 is 10.2 Å². The van der Waals surface area contributed by atoms with Crippen LogP contribution in [0.2, 0.25) is 0 Å². The van der Waals surface area contributed by atoms with E-state index in [1.165, 1.54) is 0 Å². The van der Waals surface area contributed by atoms with Gasteiger partial charge in [-0.15, -0.1) is 0 Å². The number of aldehydes is 1. The van der Waals surface area contributed by atoms with Gasteiger partial charge in [-0.25, -0.2) is 8.42 Å². The van der Waals surface area contributed by atoms with Gasteiger partial charge in [0.2, 0.25) is 0 Å². The molecule has 1 saturated heterocycles. The second-order valence-corrected chi connectivity index (χ2v) is 10.2. The van der Waals surface area contributed by atoms with Crippen molar-refractivity contribution in [3.63, 3.8) is 0 Å². The maximum atomic E-state index is 12.4. The minimum atomic E-state index is -3.16. The van der Waals surface area contributed by atoms with Gasteiger partial charge >= 0.3 is 0 Å². The number of piperidine rings is 1. The number of sulfone groups is 1. The molecule has 0 aromatic heterocycles. The van der Waals surface area contributed by atoms with Crippen LogP contribution in [-0.4, -0.2) is 50.7 Å². The molecule has 1 fully saturated rings. The van der Waals surface area contributed by atoms with E-state index in [0.29, 0.717) is 17.4 Å². The Hall–Kier alpha value is -2.38. The van der Waals surface area contributed by atoms with Gasteiger partial charge in [0.25, 0.3) is 0 Å². The van der Waals surface area contributed by atoms with Crippen molar-refractivity contribution in [3.8, 4) is 0 Å². The van der Waals surface area contributed by atoms with Crippen LogP contribution in [0.5, 0.6) is 0 Å². The van der Waals surface area contributed by atoms with Crippen LogP contribution >= 0.6 is 0 Å². The van der Waals surface area contributed by atoms with Crippen LogP contribution in [0.3, 0.4) is 0 Å². The Kier molecular flexibility index (Phi) is 4.59. The Labute approximate surface area is 171 Å². The molecule has 1 N–H and O–H groups in total. The molecule has 0 saturated carbocycles. The summed E-state index contributed by atoms with van der Waals surface area (Å²) in [5.41, 5.74) is 3.05. The summed E-state index contributed by atoms with van der Waals surface area (Å²) in [4.78, 5) is 16.8. The highest BCUT2D eigenvalue weighted by molar-refractivity contribution is 7.91. The van der Waals surface area contributed by atoms with Gasteiger partial charge in [0, 0.05) is 25.2 Å². The zero-order chi connectivity index (χ0) is 20.0. The van der Waals surface area contributed by atoms with E-state index in [0.717, 1.165) is 49.2 Å². The predicted octanol–water partition coefficient (Wildman–Crippen LogP) is 2.83. The lowest BCUT2D eigenvalue weighted by Crippen LogP contribution is -2.50. The molecule has 29 heavy (non-hydrogen) atoms. The third kappa shape index (κ3) is 3.13. The topological polar surface area (TPSA) is 69.7 Å². The predicted molar refractivity (Wildman–Crippen MR) is 113 cm³/mol. The molecule has 3 heterocycles. The summed E-state index contributed by atoms with van der Waals surface area (Å²) < 4.78 is 24.9. The van der Waals surface area contributed by atoms with Crippen molar-refractivity contribution in [1.82, 2.24) is 4.90 Å². The van der Waals surface area contributed by atoms with Gasteiger partial charge in [0.05, 0.1) is 22.0 Å². The van der Waals surface area contributed by atoms with Crippen LogP contribution in [0, 0.1) is 0 Å². The monoisotopic (exact) mass is 411 g/mol. The number of benzene rings is 2. The van der Waals surface area contributed by atoms with Crippen LogP contribution in [-0.2, 0) is 14.6 Å². The summed E-state index contributed by atoms with van der Waals surface area (Å²) in [6.45, 7) is 1.79. The zero-order valence-electron chi connectivity index (χ0n) is 16.2. The number of nitrogens with zero attached hydrogens (tertiary/aromatic N) is 2. The fourth-order valence-electron chi connectivity index (χ4n) is 5.15. The molecule has 152 valence electrons. The summed E-state index contributed by atoms with van der Waals surface area (Å²) in [5, 5.41) is 3.31. The Morgan fingerprint density at radius 3 is 2.48 bits per heavy atom. The average molecular weight is 412 g/mol. The van der Waals surface area contributed by atoms with Gasteiger partial charge in [0.15, 0.2) is 22.3 Å². The molecule has 2 atom stereocenters. The summed E-state index contributed by atoms with van der Waals surface area (Å²) in [7, 11) is -3.16. The van der Waals surface area contributed by atoms with Crippen molar-refractivity contribution < 1.29 is 13.2 Å². The van der Waals surface area contributed by atoms with Crippen molar-refractivity contribution in [2.24, 2.45) is 0 Å². The van der Waals surface area contributed by atoms with Crippen molar-refractivity contribution in [1.29, 1.82) is 0 Å². The molecule has 6 nitrogen and oxygen atoms in total. The first kappa shape index (κ1) is 18.6. The number of anilines is 2. The molecule has 0 aliphatic carbocycles. The average Bonchev–Trinajstić information content (AvgIpc) is 3.13. The number of nitrogens with one attached hydrogen (secondary N) is 1. The number of carbonyl (C=O) groups is 1. The fourth-order valence-corrected chi connectivity index (χ4v) is 6.75. The molecular weight excluding hydrogens is 386 g/mol. The van der Waals surface area contributed by atoms with Crippen LogP contribution < -0.4 is 10.2 Å². The molecule has 3 aliphatic rings. The number of hydrogen-bond donors (Lipinski definition) is 1. The van der Waals surface area contributed by atoms with Gasteiger partial charge in [-0.05, 0) is 43.0 Å². The van der Waals surface area contributed by atoms with E-state index in [9.17, 15) is 13.2 Å². The minimum absolute atomic E-state index is 0.154. The largest absolute Gasteiger partial charge is 0.358 e. The van der Waals surface area contributed by atoms with E-state index in [1.807, 2.05) is 36.4 Å². The first-order valence-electron chi connectivity index (χ1n) is 10.2. The maximum absolute atomic E-state index is 12.4. The quantitative estimate of drug-likeness (QED) is 0.784. The summed E-state index contributed by atoms with van der Waals surface area (Å²) in [5.74, 6) is 0.214. The molecule has 0 spiro atoms. The van der Waals surface area contributed by atoms with Crippen LogP contribution in [0.15, 0.2) is 53.4 Å². The molecule has 2 aromatic carbocycles. The molecule has 0 bridgehead atoms. The first-order chi connectivity index (χ1) is 14.1. The van der Waals surface area contributed by atoms with E-state index in [-0.39, 0.29) is 18.0 Å². The normalized spacial score (nSPS) is 26.4. The Bertz CT molecular complexity index is 1030. The van der Waals surface area contributed by atoms with E-state index < -0.39 is 9.84 Å². The second-order valence-electron chi connectivity index (χ2n) is 8.08. The lowest BCUT2D eigenvalue weighted by Gasteiger charge is -2.43. The summed E-state index contributed by atoms with van der Waals surface area (Å²) in [6.07, 6.45) is 3.21. The Morgan fingerprint density at radius 2 is 1.69 bits per heavy atom. The molecule has 2 aromatic rings. The second kappa shape index (κ2) is 7.15. The van der Waals surface area contributed by atoms with Crippen molar-refractivity contribution in [2.75, 3.05) is 29.1 Å². The summed E-state index contributed by atoms with van der Waals surface area (Å²) >= 11 is 0. The zero-order valence-corrected chi connectivity index (χ0v) is 17.0.